The number of nitrogens with one attached hydrogen (secondary N) is 1. The summed E-state index contributed by atoms with van der Waals surface area (Å²) in [4.78, 5) is 21.5. The summed E-state index contributed by atoms with van der Waals surface area (Å²) >= 11 is 0. The Balaban J connectivity index is 1.51. The third kappa shape index (κ3) is 3.08. The number of hydrogen-bond acceptors (Lipinski definition) is 6. The van der Waals surface area contributed by atoms with Crippen LogP contribution >= 0.6 is 0 Å². The summed E-state index contributed by atoms with van der Waals surface area (Å²) < 4.78 is 12.8. The normalized spacial score (nSPS) is 13.6. The van der Waals surface area contributed by atoms with E-state index in [1.807, 2.05) is 25.2 Å². The number of fused-ring (bicyclic) bond motifs is 2. The Labute approximate surface area is 144 Å². The monoisotopic (exact) mass is 341 g/mol. The van der Waals surface area contributed by atoms with Gasteiger partial charge in [0, 0.05) is 13.6 Å². The van der Waals surface area contributed by atoms with Crippen LogP contribution in [0, 0.1) is 0 Å². The topological polar surface area (TPSA) is 85.3 Å². The van der Waals surface area contributed by atoms with Gasteiger partial charge < -0.3 is 14.5 Å². The minimum Gasteiger partial charge on any atom is -0.486 e. The highest BCUT2D eigenvalue weighted by Gasteiger charge is 2.13. The molecule has 130 valence electrons. The van der Waals surface area contributed by atoms with Gasteiger partial charge in [-0.2, -0.15) is 5.10 Å². The highest BCUT2D eigenvalue weighted by atomic mass is 16.6. The molecule has 3 heterocycles. The Kier molecular flexibility index (Phi) is 3.89. The Bertz CT molecular complexity index is 978. The van der Waals surface area contributed by atoms with Gasteiger partial charge in [-0.05, 0) is 24.7 Å². The molecule has 4 rings (SSSR count). The third-order valence-corrected chi connectivity index (χ3v) is 4.13. The van der Waals surface area contributed by atoms with Crippen LogP contribution in [0.25, 0.3) is 11.0 Å². The molecule has 1 N–H and O–H groups in total. The molecule has 8 nitrogen and oxygen atoms in total. The Morgan fingerprint density at radius 1 is 1.24 bits per heavy atom. The van der Waals surface area contributed by atoms with Gasteiger partial charge in [0.05, 0.1) is 12.7 Å². The molecule has 0 atom stereocenters. The lowest BCUT2D eigenvalue weighted by Crippen LogP contribution is -2.22. The van der Waals surface area contributed by atoms with Crippen LogP contribution in [0.3, 0.4) is 0 Å². The van der Waals surface area contributed by atoms with Crippen molar-refractivity contribution in [3.05, 3.63) is 46.1 Å². The Morgan fingerprint density at radius 2 is 2.04 bits per heavy atom. The molecule has 0 radical (unpaired) electrons. The van der Waals surface area contributed by atoms with E-state index < -0.39 is 0 Å². The summed E-state index contributed by atoms with van der Waals surface area (Å²) in [6.45, 7) is 2.37. The molecular weight excluding hydrogens is 322 g/mol. The second kappa shape index (κ2) is 6.21. The summed E-state index contributed by atoms with van der Waals surface area (Å²) in [6, 6.07) is 5.94. The van der Waals surface area contributed by atoms with Crippen molar-refractivity contribution in [2.75, 3.05) is 20.3 Å². The standard InChI is InChI=1S/C17H19N5O3/c1-21(9-11-3-4-13-14(7-11)25-6-5-24-13)10-15-19-16-12(17(23)20-15)8-18-22(16)2/h3-4,7-8H,5-6,9-10H2,1-2H3,(H,19,20,23). The fourth-order valence-electron chi connectivity index (χ4n) is 2.96. The van der Waals surface area contributed by atoms with Gasteiger partial charge in [-0.15, -0.1) is 0 Å². The summed E-state index contributed by atoms with van der Waals surface area (Å²) in [5.74, 6) is 2.17. The molecule has 3 aromatic rings. The quantitative estimate of drug-likeness (QED) is 0.764. The lowest BCUT2D eigenvalue weighted by Gasteiger charge is -2.20. The zero-order chi connectivity index (χ0) is 17.4. The molecule has 2 aromatic heterocycles. The van der Waals surface area contributed by atoms with E-state index >= 15 is 0 Å². The number of aryl methyl sites for hydroxylation is 1. The third-order valence-electron chi connectivity index (χ3n) is 4.13. The van der Waals surface area contributed by atoms with Crippen molar-refractivity contribution in [1.29, 1.82) is 0 Å². The molecule has 0 aliphatic carbocycles. The summed E-state index contributed by atoms with van der Waals surface area (Å²) in [7, 11) is 3.75. The molecule has 8 heteroatoms. The smallest absolute Gasteiger partial charge is 0.262 e. The van der Waals surface area contributed by atoms with Gasteiger partial charge in [0.2, 0.25) is 0 Å². The van der Waals surface area contributed by atoms with E-state index in [0.29, 0.717) is 43.2 Å². The SMILES string of the molecule is CN(Cc1ccc2c(c1)OCCO2)Cc1nc2c(cnn2C)c(=O)[nH]1. The van der Waals surface area contributed by atoms with E-state index in [-0.39, 0.29) is 5.56 Å². The summed E-state index contributed by atoms with van der Waals surface area (Å²) in [6.07, 6.45) is 1.53. The highest BCUT2D eigenvalue weighted by molar-refractivity contribution is 5.72. The predicted octanol–water partition coefficient (Wildman–Crippen LogP) is 1.06. The molecular formula is C17H19N5O3. The number of ether oxygens (including phenoxy) is 2. The number of hydrogen-bond donors (Lipinski definition) is 1. The first-order valence-electron chi connectivity index (χ1n) is 8.08. The average molecular weight is 341 g/mol. The Morgan fingerprint density at radius 3 is 2.88 bits per heavy atom. The molecule has 0 amide bonds. The summed E-state index contributed by atoms with van der Waals surface area (Å²) in [5.41, 5.74) is 1.53. The molecule has 0 saturated carbocycles. The number of aromatic amines is 1. The van der Waals surface area contributed by atoms with Crippen molar-refractivity contribution < 1.29 is 9.47 Å². The lowest BCUT2D eigenvalue weighted by molar-refractivity contribution is 0.171. The van der Waals surface area contributed by atoms with Gasteiger partial charge in [0.1, 0.15) is 24.4 Å². The molecule has 0 saturated heterocycles. The molecule has 25 heavy (non-hydrogen) atoms. The largest absolute Gasteiger partial charge is 0.486 e. The second-order valence-electron chi connectivity index (χ2n) is 6.17. The zero-order valence-corrected chi connectivity index (χ0v) is 14.2. The van der Waals surface area contributed by atoms with Crippen molar-refractivity contribution >= 4 is 11.0 Å². The number of rotatable bonds is 4. The van der Waals surface area contributed by atoms with Gasteiger partial charge in [-0.25, -0.2) is 4.98 Å². The first-order chi connectivity index (χ1) is 12.1. The van der Waals surface area contributed by atoms with E-state index in [9.17, 15) is 4.79 Å². The van der Waals surface area contributed by atoms with Crippen LogP contribution in [-0.2, 0) is 20.1 Å². The summed E-state index contributed by atoms with van der Waals surface area (Å²) in [5, 5.41) is 4.58. The van der Waals surface area contributed by atoms with Gasteiger partial charge in [0.15, 0.2) is 17.1 Å². The van der Waals surface area contributed by atoms with Crippen molar-refractivity contribution in [2.45, 2.75) is 13.1 Å². The second-order valence-corrected chi connectivity index (χ2v) is 6.17. The molecule has 0 spiro atoms. The van der Waals surface area contributed by atoms with Gasteiger partial charge in [0.25, 0.3) is 5.56 Å². The molecule has 0 fully saturated rings. The first kappa shape index (κ1) is 15.6. The number of H-pyrrole nitrogens is 1. The maximum Gasteiger partial charge on any atom is 0.262 e. The predicted molar refractivity (Wildman–Crippen MR) is 91.7 cm³/mol. The zero-order valence-electron chi connectivity index (χ0n) is 14.2. The van der Waals surface area contributed by atoms with E-state index in [4.69, 9.17) is 9.47 Å². The van der Waals surface area contributed by atoms with Crippen LogP contribution in [0.2, 0.25) is 0 Å². The molecule has 1 aliphatic heterocycles. The van der Waals surface area contributed by atoms with Gasteiger partial charge >= 0.3 is 0 Å². The van der Waals surface area contributed by atoms with Crippen molar-refractivity contribution in [2.24, 2.45) is 7.05 Å². The van der Waals surface area contributed by atoms with Crippen LogP contribution in [0.4, 0.5) is 0 Å². The maximum atomic E-state index is 12.1. The van der Waals surface area contributed by atoms with Crippen LogP contribution in [0.15, 0.2) is 29.2 Å². The van der Waals surface area contributed by atoms with Crippen LogP contribution in [0.1, 0.15) is 11.4 Å². The van der Waals surface area contributed by atoms with Crippen molar-refractivity contribution in [1.82, 2.24) is 24.6 Å². The van der Waals surface area contributed by atoms with Gasteiger partial charge in [-0.1, -0.05) is 6.07 Å². The maximum absolute atomic E-state index is 12.1. The number of benzene rings is 1. The van der Waals surface area contributed by atoms with Crippen LogP contribution < -0.4 is 15.0 Å². The van der Waals surface area contributed by atoms with Crippen molar-refractivity contribution in [3.63, 3.8) is 0 Å². The lowest BCUT2D eigenvalue weighted by atomic mass is 10.2. The molecule has 0 unspecified atom stereocenters. The fourth-order valence-corrected chi connectivity index (χ4v) is 2.96. The highest BCUT2D eigenvalue weighted by Crippen LogP contribution is 2.31. The minimum absolute atomic E-state index is 0.166. The van der Waals surface area contributed by atoms with E-state index in [1.165, 1.54) is 6.20 Å². The van der Waals surface area contributed by atoms with Crippen LogP contribution in [-0.4, -0.2) is 44.9 Å². The van der Waals surface area contributed by atoms with E-state index in [1.54, 1.807) is 11.7 Å². The minimum atomic E-state index is -0.166. The van der Waals surface area contributed by atoms with E-state index in [0.717, 1.165) is 17.1 Å². The molecule has 1 aromatic carbocycles. The van der Waals surface area contributed by atoms with Crippen LogP contribution in [0.5, 0.6) is 11.5 Å². The van der Waals surface area contributed by atoms with E-state index in [2.05, 4.69) is 20.0 Å². The number of aromatic nitrogens is 4. The number of nitrogens with zero attached hydrogens (tertiary/aromatic N) is 4. The average Bonchev–Trinajstić information content (AvgIpc) is 2.96. The van der Waals surface area contributed by atoms with Gasteiger partial charge in [-0.3, -0.25) is 14.4 Å². The van der Waals surface area contributed by atoms with Crippen molar-refractivity contribution in [3.8, 4) is 11.5 Å². The Hall–Kier alpha value is -2.87. The molecule has 0 bridgehead atoms. The fraction of sp³-hybridized carbons (Fsp3) is 0.353. The molecule has 1 aliphatic rings. The first-order valence-corrected chi connectivity index (χ1v) is 8.08.